The third-order valence-electron chi connectivity index (χ3n) is 8.73. The van der Waals surface area contributed by atoms with Gasteiger partial charge >= 0.3 is 0 Å². The minimum absolute atomic E-state index is 0.118. The molecule has 2 nitrogen and oxygen atoms in total. The van der Waals surface area contributed by atoms with Crippen molar-refractivity contribution in [2.75, 3.05) is 33.2 Å². The maximum Gasteiger partial charge on any atom is 0.0420 e. The van der Waals surface area contributed by atoms with E-state index in [0.29, 0.717) is 0 Å². The van der Waals surface area contributed by atoms with Crippen LogP contribution in [0.4, 0.5) is 0 Å². The van der Waals surface area contributed by atoms with Crippen LogP contribution in [-0.4, -0.2) is 42.4 Å². The molecular formula is C35H47ClN2S. The first-order valence-electron chi connectivity index (χ1n) is 14.9. The van der Waals surface area contributed by atoms with Crippen molar-refractivity contribution in [3.8, 4) is 0 Å². The molecule has 1 unspecified atom stereocenters. The topological polar surface area (TPSA) is 6.48 Å². The fourth-order valence-electron chi connectivity index (χ4n) is 6.45. The van der Waals surface area contributed by atoms with Crippen LogP contribution < -0.4 is 0 Å². The third kappa shape index (κ3) is 8.85. The van der Waals surface area contributed by atoms with E-state index in [9.17, 15) is 0 Å². The lowest BCUT2D eigenvalue weighted by atomic mass is 9.73. The van der Waals surface area contributed by atoms with Gasteiger partial charge in [0, 0.05) is 21.9 Å². The Hall–Kier alpha value is -1.78. The molecule has 0 amide bonds. The Kier molecular flexibility index (Phi) is 11.4. The van der Waals surface area contributed by atoms with Crippen molar-refractivity contribution in [1.29, 1.82) is 0 Å². The maximum atomic E-state index is 6.38. The van der Waals surface area contributed by atoms with Crippen molar-refractivity contribution in [3.05, 3.63) is 100 Å². The van der Waals surface area contributed by atoms with Gasteiger partial charge in [-0.1, -0.05) is 79.5 Å². The quantitative estimate of drug-likeness (QED) is 0.192. The second-order valence-electron chi connectivity index (χ2n) is 11.7. The van der Waals surface area contributed by atoms with Gasteiger partial charge < -0.3 is 4.90 Å². The number of rotatable bonds is 13. The first-order valence-corrected chi connectivity index (χ1v) is 16.0. The van der Waals surface area contributed by atoms with E-state index in [2.05, 4.69) is 104 Å². The molecule has 0 spiro atoms. The summed E-state index contributed by atoms with van der Waals surface area (Å²) in [4.78, 5) is 3.95. The molecule has 1 aliphatic rings. The second-order valence-corrected chi connectivity index (χ2v) is 13.4. The molecule has 3 aromatic carbocycles. The number of hydrogen-bond donors (Lipinski definition) is 0. The van der Waals surface area contributed by atoms with E-state index >= 15 is 0 Å². The summed E-state index contributed by atoms with van der Waals surface area (Å²) in [6.45, 7) is 11.5. The number of halogens is 1. The zero-order valence-electron chi connectivity index (χ0n) is 24.5. The predicted molar refractivity (Wildman–Crippen MR) is 171 cm³/mol. The Morgan fingerprint density at radius 1 is 0.974 bits per heavy atom. The minimum atomic E-state index is 0.118. The van der Waals surface area contributed by atoms with Gasteiger partial charge in [-0.2, -0.15) is 0 Å². The van der Waals surface area contributed by atoms with Crippen molar-refractivity contribution in [2.24, 2.45) is 5.92 Å². The van der Waals surface area contributed by atoms with Gasteiger partial charge in [0.25, 0.3) is 0 Å². The van der Waals surface area contributed by atoms with Gasteiger partial charge in [0.05, 0.1) is 0 Å². The molecule has 1 heterocycles. The highest BCUT2D eigenvalue weighted by Crippen LogP contribution is 2.38. The smallest absolute Gasteiger partial charge is 0.0420 e. The van der Waals surface area contributed by atoms with Crippen molar-refractivity contribution in [3.63, 3.8) is 0 Å². The van der Waals surface area contributed by atoms with Gasteiger partial charge in [0.2, 0.25) is 0 Å². The van der Waals surface area contributed by atoms with Crippen LogP contribution in [0.15, 0.2) is 77.7 Å². The van der Waals surface area contributed by atoms with Crippen molar-refractivity contribution >= 4 is 23.5 Å². The Morgan fingerprint density at radius 3 is 2.38 bits per heavy atom. The number of likely N-dealkylation sites (N-methyl/N-ethyl adjacent to an activating group) is 1. The Morgan fingerprint density at radius 2 is 1.69 bits per heavy atom. The molecule has 0 saturated carbocycles. The van der Waals surface area contributed by atoms with E-state index in [0.717, 1.165) is 23.9 Å². The highest BCUT2D eigenvalue weighted by Gasteiger charge is 2.34. The lowest BCUT2D eigenvalue weighted by Crippen LogP contribution is -2.42. The van der Waals surface area contributed by atoms with Crippen LogP contribution in [0, 0.1) is 19.8 Å². The molecule has 1 aliphatic heterocycles. The van der Waals surface area contributed by atoms with Crippen LogP contribution in [0.3, 0.4) is 0 Å². The summed E-state index contributed by atoms with van der Waals surface area (Å²) in [6.07, 6.45) is 8.92. The molecule has 0 bridgehead atoms. The molecule has 1 saturated heterocycles. The number of likely N-dealkylation sites (tertiary alicyclic amines) is 1. The van der Waals surface area contributed by atoms with E-state index in [1.165, 1.54) is 85.3 Å². The molecular weight excluding hydrogens is 516 g/mol. The Bertz CT molecular complexity index is 1140. The molecule has 1 atom stereocenters. The summed E-state index contributed by atoms with van der Waals surface area (Å²) >= 11 is 8.19. The van der Waals surface area contributed by atoms with Crippen LogP contribution in [0.2, 0.25) is 5.02 Å². The average molecular weight is 563 g/mol. The van der Waals surface area contributed by atoms with Gasteiger partial charge in [-0.05, 0) is 137 Å². The van der Waals surface area contributed by atoms with Gasteiger partial charge in [0.15, 0.2) is 0 Å². The fourth-order valence-corrected chi connectivity index (χ4v) is 7.89. The van der Waals surface area contributed by atoms with Gasteiger partial charge in [-0.15, -0.1) is 0 Å². The second kappa shape index (κ2) is 14.7. The van der Waals surface area contributed by atoms with Gasteiger partial charge in [-0.3, -0.25) is 0 Å². The SMILES string of the molecule is CCC(CCN1CCC(CCCc2ccccc2)CC1)(CN(C)Sc1cc(C)cc(Cl)c1)c1ccccc1C. The molecule has 3 aromatic rings. The van der Waals surface area contributed by atoms with E-state index in [1.807, 2.05) is 18.0 Å². The zero-order valence-corrected chi connectivity index (χ0v) is 26.0. The van der Waals surface area contributed by atoms with E-state index < -0.39 is 0 Å². The first kappa shape index (κ1) is 30.2. The summed E-state index contributed by atoms with van der Waals surface area (Å²) in [5.74, 6) is 0.890. The average Bonchev–Trinajstić information content (AvgIpc) is 2.92. The minimum Gasteiger partial charge on any atom is -0.303 e. The van der Waals surface area contributed by atoms with Crippen LogP contribution >= 0.6 is 23.5 Å². The standard InChI is InChI=1S/C35H47ClN2S/c1-5-35(34-17-10-9-12-29(34)3,27-37(4)39-33-25-28(2)24-32(36)26-33)20-23-38-21-18-31(19-22-38)16-11-15-30-13-7-6-8-14-30/h6-10,12-14,17,24-26,31H,5,11,15-16,18-23,27H2,1-4H3. The summed E-state index contributed by atoms with van der Waals surface area (Å²) in [6, 6.07) is 26.4. The van der Waals surface area contributed by atoms with Crippen LogP contribution in [0.5, 0.6) is 0 Å². The van der Waals surface area contributed by atoms with Crippen molar-refractivity contribution in [2.45, 2.75) is 76.0 Å². The molecule has 0 N–H and O–H groups in total. The third-order valence-corrected chi connectivity index (χ3v) is 9.84. The number of hydrogen-bond acceptors (Lipinski definition) is 3. The molecule has 210 valence electrons. The summed E-state index contributed by atoms with van der Waals surface area (Å²) in [5.41, 5.74) is 5.73. The Balaban J connectivity index is 1.35. The van der Waals surface area contributed by atoms with Crippen molar-refractivity contribution < 1.29 is 0 Å². The van der Waals surface area contributed by atoms with Crippen LogP contribution in [-0.2, 0) is 11.8 Å². The lowest BCUT2D eigenvalue weighted by molar-refractivity contribution is 0.157. The van der Waals surface area contributed by atoms with Crippen molar-refractivity contribution in [1.82, 2.24) is 9.21 Å². The van der Waals surface area contributed by atoms with Crippen LogP contribution in [0.25, 0.3) is 0 Å². The first-order chi connectivity index (χ1) is 18.9. The van der Waals surface area contributed by atoms with Gasteiger partial charge in [-0.25, -0.2) is 4.31 Å². The molecule has 39 heavy (non-hydrogen) atoms. The molecule has 4 heteroatoms. The highest BCUT2D eigenvalue weighted by molar-refractivity contribution is 7.97. The molecule has 0 radical (unpaired) electrons. The maximum absolute atomic E-state index is 6.38. The highest BCUT2D eigenvalue weighted by atomic mass is 35.5. The molecule has 0 aliphatic carbocycles. The van der Waals surface area contributed by atoms with E-state index in [1.54, 1.807) is 0 Å². The molecule has 1 fully saturated rings. The fraction of sp³-hybridized carbons (Fsp3) is 0.486. The number of benzene rings is 3. The lowest BCUT2D eigenvalue weighted by Gasteiger charge is -2.40. The Labute approximate surface area is 247 Å². The summed E-state index contributed by atoms with van der Waals surface area (Å²) in [7, 11) is 2.24. The number of nitrogens with zero attached hydrogens (tertiary/aromatic N) is 2. The summed E-state index contributed by atoms with van der Waals surface area (Å²) in [5, 5.41) is 0.815. The molecule has 0 aromatic heterocycles. The zero-order chi connectivity index (χ0) is 27.7. The van der Waals surface area contributed by atoms with Crippen LogP contribution in [0.1, 0.15) is 67.7 Å². The monoisotopic (exact) mass is 562 g/mol. The molecule has 4 rings (SSSR count). The number of aryl methyl sites for hydroxylation is 3. The van der Waals surface area contributed by atoms with E-state index in [4.69, 9.17) is 11.6 Å². The summed E-state index contributed by atoms with van der Waals surface area (Å²) < 4.78 is 2.43. The predicted octanol–water partition coefficient (Wildman–Crippen LogP) is 9.37. The normalized spacial score (nSPS) is 16.5. The largest absolute Gasteiger partial charge is 0.303 e. The van der Waals surface area contributed by atoms with Gasteiger partial charge in [0.1, 0.15) is 0 Å². The number of piperidine rings is 1. The van der Waals surface area contributed by atoms with E-state index in [-0.39, 0.29) is 5.41 Å².